The molecule has 16 heavy (non-hydrogen) atoms. The molecule has 1 aromatic rings. The van der Waals surface area contributed by atoms with Crippen molar-refractivity contribution in [3.05, 3.63) is 22.8 Å². The molecule has 3 nitrogen and oxygen atoms in total. The van der Waals surface area contributed by atoms with Gasteiger partial charge < -0.3 is 4.84 Å². The van der Waals surface area contributed by atoms with Crippen molar-refractivity contribution in [2.75, 3.05) is 6.26 Å². The third kappa shape index (κ3) is 3.68. The number of halogens is 1. The molecule has 0 N–H and O–H groups in total. The predicted molar refractivity (Wildman–Crippen MR) is 69.5 cm³/mol. The van der Waals surface area contributed by atoms with Crippen LogP contribution in [0.5, 0.6) is 0 Å². The predicted octanol–water partition coefficient (Wildman–Crippen LogP) is 3.61. The second-order valence-corrected chi connectivity index (χ2v) is 4.75. The third-order valence-corrected chi connectivity index (χ3v) is 2.93. The van der Waals surface area contributed by atoms with Crippen LogP contribution in [0.3, 0.4) is 0 Å². The Labute approximate surface area is 105 Å². The summed E-state index contributed by atoms with van der Waals surface area (Å²) < 4.78 is 0. The average Bonchev–Trinajstić information content (AvgIpc) is 2.25. The molecule has 88 valence electrons. The fourth-order valence-corrected chi connectivity index (χ4v) is 1.82. The zero-order chi connectivity index (χ0) is 12.1. The van der Waals surface area contributed by atoms with E-state index < -0.39 is 0 Å². The lowest BCUT2D eigenvalue weighted by atomic mass is 10.2. The van der Waals surface area contributed by atoms with Gasteiger partial charge in [0.15, 0.2) is 0 Å². The fourth-order valence-electron chi connectivity index (χ4n) is 1.01. The topological polar surface area (TPSA) is 34.5 Å². The molecule has 0 aromatic carbocycles. The van der Waals surface area contributed by atoms with Crippen LogP contribution in [-0.2, 0) is 4.84 Å². The van der Waals surface area contributed by atoms with E-state index in [-0.39, 0.29) is 6.10 Å². The SMILES string of the molecule is CSc1ncc(/C(C)=N/OC(C)C)cc1Cl. The molecule has 0 spiro atoms. The van der Waals surface area contributed by atoms with Crippen LogP contribution in [-0.4, -0.2) is 23.1 Å². The monoisotopic (exact) mass is 258 g/mol. The first kappa shape index (κ1) is 13.3. The maximum atomic E-state index is 6.06. The van der Waals surface area contributed by atoms with Crippen molar-refractivity contribution in [2.45, 2.75) is 31.9 Å². The van der Waals surface area contributed by atoms with Crippen LogP contribution in [0.2, 0.25) is 5.02 Å². The number of pyridine rings is 1. The highest BCUT2D eigenvalue weighted by Gasteiger charge is 2.05. The van der Waals surface area contributed by atoms with Crippen molar-refractivity contribution in [3.8, 4) is 0 Å². The standard InChI is InChI=1S/C11H15ClN2OS/c1-7(2)15-14-8(3)9-5-10(12)11(16-4)13-6-9/h5-7H,1-4H3/b14-8+. The lowest BCUT2D eigenvalue weighted by Gasteiger charge is -2.06. The van der Waals surface area contributed by atoms with Crippen LogP contribution < -0.4 is 0 Å². The van der Waals surface area contributed by atoms with Gasteiger partial charge in [-0.25, -0.2) is 4.98 Å². The zero-order valence-electron chi connectivity index (χ0n) is 9.82. The van der Waals surface area contributed by atoms with Gasteiger partial charge in [-0.3, -0.25) is 0 Å². The Morgan fingerprint density at radius 3 is 2.75 bits per heavy atom. The van der Waals surface area contributed by atoms with Gasteiger partial charge in [0.1, 0.15) is 11.1 Å². The highest BCUT2D eigenvalue weighted by molar-refractivity contribution is 7.98. The van der Waals surface area contributed by atoms with E-state index in [1.54, 1.807) is 6.20 Å². The van der Waals surface area contributed by atoms with Crippen LogP contribution in [0.1, 0.15) is 26.3 Å². The Hall–Kier alpha value is -0.740. The molecule has 0 radical (unpaired) electrons. The minimum absolute atomic E-state index is 0.0730. The second-order valence-electron chi connectivity index (χ2n) is 3.55. The van der Waals surface area contributed by atoms with E-state index in [1.165, 1.54) is 11.8 Å². The van der Waals surface area contributed by atoms with E-state index in [9.17, 15) is 0 Å². The minimum atomic E-state index is 0.0730. The molecule has 0 aliphatic heterocycles. The number of oxime groups is 1. The summed E-state index contributed by atoms with van der Waals surface area (Å²) in [5.41, 5.74) is 1.65. The summed E-state index contributed by atoms with van der Waals surface area (Å²) in [6, 6.07) is 1.85. The molecule has 0 saturated heterocycles. The highest BCUT2D eigenvalue weighted by Crippen LogP contribution is 2.23. The summed E-state index contributed by atoms with van der Waals surface area (Å²) in [7, 11) is 0. The van der Waals surface area contributed by atoms with Crippen molar-refractivity contribution < 1.29 is 4.84 Å². The molecule has 1 aromatic heterocycles. The van der Waals surface area contributed by atoms with Crippen molar-refractivity contribution in [2.24, 2.45) is 5.16 Å². The summed E-state index contributed by atoms with van der Waals surface area (Å²) in [5.74, 6) is 0. The van der Waals surface area contributed by atoms with Gasteiger partial charge in [0, 0.05) is 11.8 Å². The summed E-state index contributed by atoms with van der Waals surface area (Å²) in [6.07, 6.45) is 3.76. The molecule has 0 amide bonds. The lowest BCUT2D eigenvalue weighted by molar-refractivity contribution is 0.0860. The van der Waals surface area contributed by atoms with E-state index in [2.05, 4.69) is 10.1 Å². The Morgan fingerprint density at radius 2 is 2.25 bits per heavy atom. The molecular formula is C11H15ClN2OS. The number of hydrogen-bond donors (Lipinski definition) is 0. The van der Waals surface area contributed by atoms with Gasteiger partial charge in [-0.2, -0.15) is 0 Å². The Bertz CT molecular complexity index is 394. The van der Waals surface area contributed by atoms with E-state index >= 15 is 0 Å². The quantitative estimate of drug-likeness (QED) is 0.470. The Morgan fingerprint density at radius 1 is 1.56 bits per heavy atom. The number of aromatic nitrogens is 1. The number of nitrogens with zero attached hydrogens (tertiary/aromatic N) is 2. The third-order valence-electron chi connectivity index (χ3n) is 1.82. The van der Waals surface area contributed by atoms with Gasteiger partial charge in [0.2, 0.25) is 0 Å². The van der Waals surface area contributed by atoms with Crippen molar-refractivity contribution >= 4 is 29.1 Å². The van der Waals surface area contributed by atoms with Crippen molar-refractivity contribution in [3.63, 3.8) is 0 Å². The number of rotatable bonds is 4. The normalized spacial score (nSPS) is 12.0. The van der Waals surface area contributed by atoms with Gasteiger partial charge in [0.05, 0.1) is 10.7 Å². The van der Waals surface area contributed by atoms with E-state index in [0.29, 0.717) is 5.02 Å². The Balaban J connectivity index is 2.88. The second kappa shape index (κ2) is 6.11. The van der Waals surface area contributed by atoms with Gasteiger partial charge >= 0.3 is 0 Å². The maximum absolute atomic E-state index is 6.06. The molecule has 0 aliphatic carbocycles. The molecule has 1 rings (SSSR count). The summed E-state index contributed by atoms with van der Waals surface area (Å²) in [5, 5.41) is 5.47. The lowest BCUT2D eigenvalue weighted by Crippen LogP contribution is -2.02. The molecule has 0 aliphatic rings. The summed E-state index contributed by atoms with van der Waals surface area (Å²) >= 11 is 7.58. The first-order valence-electron chi connectivity index (χ1n) is 4.95. The largest absolute Gasteiger partial charge is 0.393 e. The van der Waals surface area contributed by atoms with Gasteiger partial charge in [-0.15, -0.1) is 11.8 Å². The van der Waals surface area contributed by atoms with Crippen LogP contribution in [0.15, 0.2) is 22.4 Å². The van der Waals surface area contributed by atoms with Gasteiger partial charge in [0.25, 0.3) is 0 Å². The zero-order valence-corrected chi connectivity index (χ0v) is 11.4. The van der Waals surface area contributed by atoms with Crippen molar-refractivity contribution in [1.29, 1.82) is 0 Å². The highest BCUT2D eigenvalue weighted by atomic mass is 35.5. The molecule has 5 heteroatoms. The number of hydrogen-bond acceptors (Lipinski definition) is 4. The van der Waals surface area contributed by atoms with Crippen LogP contribution in [0.25, 0.3) is 0 Å². The molecule has 0 fully saturated rings. The molecular weight excluding hydrogens is 244 g/mol. The van der Waals surface area contributed by atoms with E-state index in [1.807, 2.05) is 33.1 Å². The average molecular weight is 259 g/mol. The fraction of sp³-hybridized carbons (Fsp3) is 0.455. The molecule has 1 heterocycles. The van der Waals surface area contributed by atoms with Crippen LogP contribution >= 0.6 is 23.4 Å². The first-order chi connectivity index (χ1) is 7.54. The molecule has 0 bridgehead atoms. The molecule has 0 saturated carbocycles. The minimum Gasteiger partial charge on any atom is -0.393 e. The van der Waals surface area contributed by atoms with Crippen molar-refractivity contribution in [1.82, 2.24) is 4.98 Å². The van der Waals surface area contributed by atoms with Crippen LogP contribution in [0, 0.1) is 0 Å². The maximum Gasteiger partial charge on any atom is 0.122 e. The Kier molecular flexibility index (Phi) is 5.09. The van der Waals surface area contributed by atoms with E-state index in [4.69, 9.17) is 16.4 Å². The van der Waals surface area contributed by atoms with E-state index in [0.717, 1.165) is 16.3 Å². The molecule has 0 unspecified atom stereocenters. The number of thioether (sulfide) groups is 1. The first-order valence-corrected chi connectivity index (χ1v) is 6.55. The summed E-state index contributed by atoms with van der Waals surface area (Å²) in [4.78, 5) is 9.41. The van der Waals surface area contributed by atoms with Crippen LogP contribution in [0.4, 0.5) is 0 Å². The molecule has 0 atom stereocenters. The van der Waals surface area contributed by atoms with Gasteiger partial charge in [-0.1, -0.05) is 16.8 Å². The summed E-state index contributed by atoms with van der Waals surface area (Å²) in [6.45, 7) is 5.73. The smallest absolute Gasteiger partial charge is 0.122 e. The van der Waals surface area contributed by atoms with Gasteiger partial charge in [-0.05, 0) is 33.1 Å².